The summed E-state index contributed by atoms with van der Waals surface area (Å²) >= 11 is 0. The Morgan fingerprint density at radius 3 is 1.96 bits per heavy atom. The van der Waals surface area contributed by atoms with E-state index in [9.17, 15) is 5.11 Å². The van der Waals surface area contributed by atoms with Gasteiger partial charge in [-0.1, -0.05) is 40.0 Å². The Morgan fingerprint density at radius 1 is 0.783 bits per heavy atom. The Kier molecular flexibility index (Phi) is 12.0. The topological polar surface area (TPSA) is 47.9 Å². The van der Waals surface area contributed by atoms with Gasteiger partial charge >= 0.3 is 0 Å². The van der Waals surface area contributed by atoms with Gasteiger partial charge < -0.3 is 19.3 Å². The van der Waals surface area contributed by atoms with Crippen molar-refractivity contribution < 1.29 is 19.3 Å². The van der Waals surface area contributed by atoms with Crippen molar-refractivity contribution in [2.75, 3.05) is 26.4 Å². The van der Waals surface area contributed by atoms with E-state index in [-0.39, 0.29) is 18.1 Å². The Labute approximate surface area is 142 Å². The summed E-state index contributed by atoms with van der Waals surface area (Å²) in [5.41, 5.74) is 0. The first-order chi connectivity index (χ1) is 11.2. The van der Waals surface area contributed by atoms with Gasteiger partial charge in [0, 0.05) is 32.2 Å². The van der Waals surface area contributed by atoms with Crippen molar-refractivity contribution in [3.05, 3.63) is 0 Å². The van der Waals surface area contributed by atoms with E-state index < -0.39 is 6.10 Å². The number of ether oxygens (including phenoxy) is 3. The number of hydrogen-bond acceptors (Lipinski definition) is 4. The van der Waals surface area contributed by atoms with Crippen molar-refractivity contribution in [2.24, 2.45) is 5.92 Å². The lowest BCUT2D eigenvalue weighted by Gasteiger charge is -2.39. The number of hydrogen-bond donors (Lipinski definition) is 1. The Bertz CT molecular complexity index is 272. The maximum Gasteiger partial charge on any atom is 0.0858 e. The molecule has 2 unspecified atom stereocenters. The van der Waals surface area contributed by atoms with E-state index in [1.165, 1.54) is 0 Å². The van der Waals surface area contributed by atoms with Crippen LogP contribution < -0.4 is 0 Å². The number of aliphatic hydroxyl groups is 1. The van der Waals surface area contributed by atoms with Crippen molar-refractivity contribution >= 4 is 0 Å². The highest BCUT2D eigenvalue weighted by atomic mass is 16.5. The molecule has 1 aliphatic carbocycles. The molecule has 1 saturated carbocycles. The molecule has 0 saturated heterocycles. The molecule has 23 heavy (non-hydrogen) atoms. The van der Waals surface area contributed by atoms with E-state index in [0.717, 1.165) is 71.2 Å². The zero-order valence-corrected chi connectivity index (χ0v) is 15.5. The lowest BCUT2D eigenvalue weighted by atomic mass is 9.83. The van der Waals surface area contributed by atoms with Crippen LogP contribution in [0.4, 0.5) is 0 Å². The van der Waals surface area contributed by atoms with Crippen LogP contribution in [0.25, 0.3) is 0 Å². The monoisotopic (exact) mass is 330 g/mol. The zero-order valence-electron chi connectivity index (χ0n) is 15.5. The largest absolute Gasteiger partial charge is 0.390 e. The minimum atomic E-state index is -0.391. The van der Waals surface area contributed by atoms with Gasteiger partial charge in [0.15, 0.2) is 0 Å². The summed E-state index contributed by atoms with van der Waals surface area (Å²) in [5, 5.41) is 10.4. The molecule has 138 valence electrons. The smallest absolute Gasteiger partial charge is 0.0858 e. The van der Waals surface area contributed by atoms with Gasteiger partial charge in [0.25, 0.3) is 0 Å². The van der Waals surface area contributed by atoms with Crippen LogP contribution in [0.5, 0.6) is 0 Å². The predicted octanol–water partition coefficient (Wildman–Crippen LogP) is 3.94. The van der Waals surface area contributed by atoms with E-state index in [2.05, 4.69) is 20.8 Å². The molecule has 0 amide bonds. The summed E-state index contributed by atoms with van der Waals surface area (Å²) in [7, 11) is 0. The van der Waals surface area contributed by atoms with Crippen LogP contribution in [-0.4, -0.2) is 49.8 Å². The molecule has 1 rings (SSSR count). The summed E-state index contributed by atoms with van der Waals surface area (Å²) in [6.45, 7) is 9.53. The molecule has 1 fully saturated rings. The first kappa shape index (κ1) is 20.9. The quantitative estimate of drug-likeness (QED) is 0.520. The van der Waals surface area contributed by atoms with Crippen LogP contribution in [0.3, 0.4) is 0 Å². The molecule has 0 aromatic rings. The van der Waals surface area contributed by atoms with Gasteiger partial charge in [-0.3, -0.25) is 0 Å². The third-order valence-corrected chi connectivity index (χ3v) is 4.60. The third kappa shape index (κ3) is 8.48. The van der Waals surface area contributed by atoms with Crippen LogP contribution in [0, 0.1) is 5.92 Å². The maximum atomic E-state index is 10.4. The summed E-state index contributed by atoms with van der Waals surface area (Å²) in [4.78, 5) is 0. The van der Waals surface area contributed by atoms with Gasteiger partial charge in [0.1, 0.15) is 0 Å². The number of rotatable bonds is 13. The molecule has 0 heterocycles. The highest BCUT2D eigenvalue weighted by Crippen LogP contribution is 2.30. The average Bonchev–Trinajstić information content (AvgIpc) is 2.55. The SMILES string of the molecule is CCCCOCC1C[C@H](O)[C@@H](OCCCC)CC1OCCCC. The minimum absolute atomic E-state index is 0.0833. The lowest BCUT2D eigenvalue weighted by Crippen LogP contribution is -2.46. The van der Waals surface area contributed by atoms with Crippen LogP contribution in [-0.2, 0) is 14.2 Å². The van der Waals surface area contributed by atoms with E-state index in [1.54, 1.807) is 0 Å². The second-order valence-electron chi connectivity index (χ2n) is 6.75. The Hall–Kier alpha value is -0.160. The molecule has 1 aliphatic rings. The van der Waals surface area contributed by atoms with Gasteiger partial charge in [-0.15, -0.1) is 0 Å². The molecule has 4 heteroatoms. The number of unbranched alkanes of at least 4 members (excludes halogenated alkanes) is 3. The van der Waals surface area contributed by atoms with Crippen molar-refractivity contribution in [1.82, 2.24) is 0 Å². The van der Waals surface area contributed by atoms with Gasteiger partial charge in [0.2, 0.25) is 0 Å². The molecule has 0 radical (unpaired) electrons. The standard InChI is InChI=1S/C19H38O4/c1-4-7-10-21-15-16-13-17(20)19(23-12-9-6-3)14-18(16)22-11-8-5-2/h16-20H,4-15H2,1-3H3/t16?,17-,18?,19-/m0/s1. The lowest BCUT2D eigenvalue weighted by molar-refractivity contribution is -0.136. The summed E-state index contributed by atoms with van der Waals surface area (Å²) in [5.74, 6) is 0.282. The molecule has 1 N–H and O–H groups in total. The molecular formula is C19H38O4. The second-order valence-corrected chi connectivity index (χ2v) is 6.75. The first-order valence-electron chi connectivity index (χ1n) is 9.71. The molecule has 4 atom stereocenters. The molecule has 0 aromatic carbocycles. The van der Waals surface area contributed by atoms with E-state index in [1.807, 2.05) is 0 Å². The van der Waals surface area contributed by atoms with Crippen molar-refractivity contribution in [3.8, 4) is 0 Å². The Morgan fingerprint density at radius 2 is 1.35 bits per heavy atom. The molecule has 0 spiro atoms. The second kappa shape index (κ2) is 13.2. The fraction of sp³-hybridized carbons (Fsp3) is 1.00. The summed E-state index contributed by atoms with van der Waals surface area (Å²) in [6, 6.07) is 0. The van der Waals surface area contributed by atoms with E-state index >= 15 is 0 Å². The van der Waals surface area contributed by atoms with E-state index in [0.29, 0.717) is 6.61 Å². The fourth-order valence-electron chi connectivity index (χ4n) is 2.99. The van der Waals surface area contributed by atoms with Crippen molar-refractivity contribution in [3.63, 3.8) is 0 Å². The molecule has 0 bridgehead atoms. The van der Waals surface area contributed by atoms with Crippen LogP contribution >= 0.6 is 0 Å². The average molecular weight is 331 g/mol. The highest BCUT2D eigenvalue weighted by Gasteiger charge is 2.37. The zero-order chi connectivity index (χ0) is 16.9. The molecule has 4 nitrogen and oxygen atoms in total. The summed E-state index contributed by atoms with van der Waals surface area (Å²) < 4.78 is 17.8. The van der Waals surface area contributed by atoms with Crippen LogP contribution in [0.1, 0.15) is 72.1 Å². The van der Waals surface area contributed by atoms with E-state index in [4.69, 9.17) is 14.2 Å². The van der Waals surface area contributed by atoms with Crippen molar-refractivity contribution in [1.29, 1.82) is 0 Å². The van der Waals surface area contributed by atoms with Crippen molar-refractivity contribution in [2.45, 2.75) is 90.4 Å². The highest BCUT2D eigenvalue weighted by molar-refractivity contribution is 4.87. The summed E-state index contributed by atoms with van der Waals surface area (Å²) in [6.07, 6.45) is 7.83. The Balaban J connectivity index is 2.46. The maximum absolute atomic E-state index is 10.4. The molecular weight excluding hydrogens is 292 g/mol. The first-order valence-corrected chi connectivity index (χ1v) is 9.71. The molecule has 0 aromatic heterocycles. The van der Waals surface area contributed by atoms with Gasteiger partial charge in [-0.25, -0.2) is 0 Å². The van der Waals surface area contributed by atoms with Crippen LogP contribution in [0.15, 0.2) is 0 Å². The predicted molar refractivity (Wildman–Crippen MR) is 93.8 cm³/mol. The third-order valence-electron chi connectivity index (χ3n) is 4.60. The fourth-order valence-corrected chi connectivity index (χ4v) is 2.99. The van der Waals surface area contributed by atoms with Gasteiger partial charge in [-0.05, 0) is 25.7 Å². The normalized spacial score (nSPS) is 28.2. The number of aliphatic hydroxyl groups excluding tert-OH is 1. The molecule has 0 aliphatic heterocycles. The van der Waals surface area contributed by atoms with Gasteiger partial charge in [0.05, 0.1) is 24.9 Å². The minimum Gasteiger partial charge on any atom is -0.390 e. The van der Waals surface area contributed by atoms with Gasteiger partial charge in [-0.2, -0.15) is 0 Å². The van der Waals surface area contributed by atoms with Crippen LogP contribution in [0.2, 0.25) is 0 Å².